The predicted octanol–water partition coefficient (Wildman–Crippen LogP) is 2.65. The third kappa shape index (κ3) is 1.47. The first-order chi connectivity index (χ1) is 6.31. The first-order valence-electron chi connectivity index (χ1n) is 4.17. The molecule has 0 radical (unpaired) electrons. The molecule has 2 aromatic rings. The molecule has 1 heterocycles. The van der Waals surface area contributed by atoms with E-state index in [0.29, 0.717) is 0 Å². The molecule has 0 saturated heterocycles. The number of anilines is 1. The molecule has 0 fully saturated rings. The Morgan fingerprint density at radius 3 is 3.15 bits per heavy atom. The van der Waals surface area contributed by atoms with Gasteiger partial charge in [0.25, 0.3) is 0 Å². The summed E-state index contributed by atoms with van der Waals surface area (Å²) in [5.74, 6) is 0. The summed E-state index contributed by atoms with van der Waals surface area (Å²) in [4.78, 5) is 7.15. The minimum atomic E-state index is 0.721. The molecule has 1 aromatic carbocycles. The summed E-state index contributed by atoms with van der Waals surface area (Å²) in [6.07, 6.45) is 1.66. The Balaban J connectivity index is 2.56. The van der Waals surface area contributed by atoms with Gasteiger partial charge in [0.1, 0.15) is 0 Å². The third-order valence-electron chi connectivity index (χ3n) is 1.88. The van der Waals surface area contributed by atoms with Gasteiger partial charge in [0, 0.05) is 6.54 Å². The molecule has 0 aliphatic rings. The highest BCUT2D eigenvalue weighted by atomic mass is 35.5. The molecule has 0 amide bonds. The van der Waals surface area contributed by atoms with E-state index in [0.717, 1.165) is 28.3 Å². The number of H-pyrrole nitrogens is 1. The van der Waals surface area contributed by atoms with Gasteiger partial charge in [-0.25, -0.2) is 4.98 Å². The smallest absolute Gasteiger partial charge is 0.0931 e. The summed E-state index contributed by atoms with van der Waals surface area (Å²) in [6.45, 7) is 2.89. The highest BCUT2D eigenvalue weighted by Gasteiger charge is 2.02. The van der Waals surface area contributed by atoms with Crippen LogP contribution in [0.15, 0.2) is 18.5 Å². The van der Waals surface area contributed by atoms with Crippen LogP contribution in [0.2, 0.25) is 5.02 Å². The molecule has 0 bridgehead atoms. The van der Waals surface area contributed by atoms with Crippen LogP contribution in [0.1, 0.15) is 6.92 Å². The van der Waals surface area contributed by atoms with E-state index in [1.807, 2.05) is 19.1 Å². The largest absolute Gasteiger partial charge is 0.384 e. The van der Waals surface area contributed by atoms with Gasteiger partial charge in [0.15, 0.2) is 0 Å². The second kappa shape index (κ2) is 3.26. The lowest BCUT2D eigenvalue weighted by atomic mass is 10.2. The molecule has 0 saturated carbocycles. The predicted molar refractivity (Wildman–Crippen MR) is 55.3 cm³/mol. The summed E-state index contributed by atoms with van der Waals surface area (Å²) in [6, 6.07) is 3.82. The number of imidazole rings is 1. The van der Waals surface area contributed by atoms with Gasteiger partial charge in [-0.2, -0.15) is 0 Å². The van der Waals surface area contributed by atoms with E-state index >= 15 is 0 Å². The van der Waals surface area contributed by atoms with E-state index < -0.39 is 0 Å². The Bertz CT molecular complexity index is 422. The molecular weight excluding hydrogens is 186 g/mol. The van der Waals surface area contributed by atoms with Crippen LogP contribution < -0.4 is 5.32 Å². The molecular formula is C9H10ClN3. The van der Waals surface area contributed by atoms with Crippen LogP contribution in [0.3, 0.4) is 0 Å². The van der Waals surface area contributed by atoms with Gasteiger partial charge < -0.3 is 10.3 Å². The lowest BCUT2D eigenvalue weighted by Gasteiger charge is -2.04. The molecule has 2 N–H and O–H groups in total. The van der Waals surface area contributed by atoms with Gasteiger partial charge in [-0.05, 0) is 19.1 Å². The van der Waals surface area contributed by atoms with Crippen molar-refractivity contribution in [3.63, 3.8) is 0 Å². The molecule has 0 spiro atoms. The monoisotopic (exact) mass is 195 g/mol. The molecule has 2 rings (SSSR count). The van der Waals surface area contributed by atoms with E-state index in [2.05, 4.69) is 15.3 Å². The summed E-state index contributed by atoms with van der Waals surface area (Å²) in [7, 11) is 0. The molecule has 0 aliphatic carbocycles. The van der Waals surface area contributed by atoms with E-state index in [1.165, 1.54) is 0 Å². The van der Waals surface area contributed by atoms with E-state index in [9.17, 15) is 0 Å². The quantitative estimate of drug-likeness (QED) is 0.774. The SMILES string of the molecule is CCNc1cc2nc[nH]c2cc1Cl. The summed E-state index contributed by atoms with van der Waals surface area (Å²) < 4.78 is 0. The maximum atomic E-state index is 6.03. The second-order valence-electron chi connectivity index (χ2n) is 2.78. The van der Waals surface area contributed by atoms with Crippen LogP contribution in [0.25, 0.3) is 11.0 Å². The van der Waals surface area contributed by atoms with Crippen LogP contribution in [0.5, 0.6) is 0 Å². The number of hydrogen-bond donors (Lipinski definition) is 2. The normalized spacial score (nSPS) is 10.6. The number of benzene rings is 1. The molecule has 0 atom stereocenters. The Morgan fingerprint density at radius 2 is 2.38 bits per heavy atom. The molecule has 0 unspecified atom stereocenters. The molecule has 68 valence electrons. The number of fused-ring (bicyclic) bond motifs is 1. The van der Waals surface area contributed by atoms with Crippen molar-refractivity contribution in [2.75, 3.05) is 11.9 Å². The molecule has 0 aliphatic heterocycles. The van der Waals surface area contributed by atoms with Crippen LogP contribution in [0.4, 0.5) is 5.69 Å². The highest BCUT2D eigenvalue weighted by Crippen LogP contribution is 2.25. The van der Waals surface area contributed by atoms with E-state index in [-0.39, 0.29) is 0 Å². The van der Waals surface area contributed by atoms with Gasteiger partial charge in [-0.1, -0.05) is 11.6 Å². The topological polar surface area (TPSA) is 40.7 Å². The van der Waals surface area contributed by atoms with Crippen molar-refractivity contribution in [3.05, 3.63) is 23.5 Å². The summed E-state index contributed by atoms with van der Waals surface area (Å²) >= 11 is 6.03. The number of aromatic amines is 1. The standard InChI is InChI=1S/C9H10ClN3/c1-2-11-7-4-9-8(3-6(7)10)12-5-13-9/h3-5,11H,2H2,1H3,(H,12,13). The van der Waals surface area contributed by atoms with Crippen molar-refractivity contribution in [2.45, 2.75) is 6.92 Å². The number of hydrogen-bond acceptors (Lipinski definition) is 2. The van der Waals surface area contributed by atoms with Crippen LogP contribution in [0, 0.1) is 0 Å². The molecule has 3 nitrogen and oxygen atoms in total. The van der Waals surface area contributed by atoms with Crippen molar-refractivity contribution in [2.24, 2.45) is 0 Å². The third-order valence-corrected chi connectivity index (χ3v) is 2.19. The number of nitrogens with zero attached hydrogens (tertiary/aromatic N) is 1. The Hall–Kier alpha value is -1.22. The van der Waals surface area contributed by atoms with Crippen molar-refractivity contribution in [3.8, 4) is 0 Å². The highest BCUT2D eigenvalue weighted by molar-refractivity contribution is 6.34. The van der Waals surface area contributed by atoms with Gasteiger partial charge in [0.2, 0.25) is 0 Å². The maximum Gasteiger partial charge on any atom is 0.0931 e. The molecule has 1 aromatic heterocycles. The first-order valence-corrected chi connectivity index (χ1v) is 4.55. The van der Waals surface area contributed by atoms with Gasteiger partial charge >= 0.3 is 0 Å². The molecule has 13 heavy (non-hydrogen) atoms. The van der Waals surface area contributed by atoms with Gasteiger partial charge in [-0.3, -0.25) is 0 Å². The fourth-order valence-electron chi connectivity index (χ4n) is 1.28. The van der Waals surface area contributed by atoms with E-state index in [4.69, 9.17) is 11.6 Å². The minimum Gasteiger partial charge on any atom is -0.384 e. The Morgan fingerprint density at radius 1 is 1.54 bits per heavy atom. The number of halogens is 1. The van der Waals surface area contributed by atoms with Crippen molar-refractivity contribution in [1.82, 2.24) is 9.97 Å². The Labute approximate surface area is 81.1 Å². The van der Waals surface area contributed by atoms with Crippen molar-refractivity contribution < 1.29 is 0 Å². The lowest BCUT2D eigenvalue weighted by molar-refractivity contribution is 1.21. The maximum absolute atomic E-state index is 6.03. The average molecular weight is 196 g/mol. The number of aromatic nitrogens is 2. The average Bonchev–Trinajstić information content (AvgIpc) is 2.52. The minimum absolute atomic E-state index is 0.721. The lowest BCUT2D eigenvalue weighted by Crippen LogP contribution is -1.96. The van der Waals surface area contributed by atoms with E-state index in [1.54, 1.807) is 6.33 Å². The zero-order chi connectivity index (χ0) is 9.26. The fourth-order valence-corrected chi connectivity index (χ4v) is 1.51. The Kier molecular flexibility index (Phi) is 2.10. The van der Waals surface area contributed by atoms with Gasteiger partial charge in [0.05, 0.1) is 28.1 Å². The first kappa shape index (κ1) is 8.38. The zero-order valence-electron chi connectivity index (χ0n) is 7.26. The van der Waals surface area contributed by atoms with Gasteiger partial charge in [-0.15, -0.1) is 0 Å². The van der Waals surface area contributed by atoms with Crippen LogP contribution in [-0.2, 0) is 0 Å². The molecule has 4 heteroatoms. The fraction of sp³-hybridized carbons (Fsp3) is 0.222. The van der Waals surface area contributed by atoms with Crippen molar-refractivity contribution in [1.29, 1.82) is 0 Å². The zero-order valence-corrected chi connectivity index (χ0v) is 8.02. The number of nitrogens with one attached hydrogen (secondary N) is 2. The summed E-state index contributed by atoms with van der Waals surface area (Å²) in [5.41, 5.74) is 2.83. The van der Waals surface area contributed by atoms with Crippen LogP contribution >= 0.6 is 11.6 Å². The summed E-state index contributed by atoms with van der Waals surface area (Å²) in [5, 5.41) is 3.89. The van der Waals surface area contributed by atoms with Crippen LogP contribution in [-0.4, -0.2) is 16.5 Å². The van der Waals surface area contributed by atoms with Crippen molar-refractivity contribution >= 4 is 28.3 Å². The number of rotatable bonds is 2. The second-order valence-corrected chi connectivity index (χ2v) is 3.19.